The van der Waals surface area contributed by atoms with Crippen LogP contribution >= 0.6 is 0 Å². The Bertz CT molecular complexity index is 551. The molecule has 6 nitrogen and oxygen atoms in total. The van der Waals surface area contributed by atoms with Crippen molar-refractivity contribution in [3.63, 3.8) is 0 Å². The van der Waals surface area contributed by atoms with Gasteiger partial charge in [0, 0.05) is 31.3 Å². The Balaban J connectivity index is 2.03. The fraction of sp³-hybridized carbons (Fsp3) is 0.500. The van der Waals surface area contributed by atoms with Gasteiger partial charge < -0.3 is 20.3 Å². The van der Waals surface area contributed by atoms with Gasteiger partial charge in [-0.05, 0) is 38.1 Å². The number of nitrogens with one attached hydrogen (secondary N) is 2. The van der Waals surface area contributed by atoms with E-state index in [9.17, 15) is 9.59 Å². The van der Waals surface area contributed by atoms with Gasteiger partial charge in [0.25, 0.3) is 0 Å². The lowest BCUT2D eigenvalue weighted by Crippen LogP contribution is -2.42. The molecule has 2 rings (SSSR count). The summed E-state index contributed by atoms with van der Waals surface area (Å²) in [5.74, 6) is 0.414. The standard InChI is InChI=1S/C16H23N3O3/c1-16(7-9-17-10-8-16)14(20)18-12-5-4-6-13(11-12)22-15(21)19(2)3/h4-6,11,17H,7-10H2,1-3H3,(H,18,20). The highest BCUT2D eigenvalue weighted by molar-refractivity contribution is 5.95. The molecule has 0 unspecified atom stereocenters. The van der Waals surface area contributed by atoms with Crippen LogP contribution in [-0.2, 0) is 4.79 Å². The minimum Gasteiger partial charge on any atom is -0.410 e. The summed E-state index contributed by atoms with van der Waals surface area (Å²) >= 11 is 0. The van der Waals surface area contributed by atoms with Crippen molar-refractivity contribution in [3.8, 4) is 5.75 Å². The molecular formula is C16H23N3O3. The lowest BCUT2D eigenvalue weighted by atomic mass is 9.80. The molecule has 1 aromatic rings. The zero-order chi connectivity index (χ0) is 16.2. The Kier molecular flexibility index (Phi) is 5.03. The highest BCUT2D eigenvalue weighted by atomic mass is 16.6. The predicted octanol–water partition coefficient (Wildman–Crippen LogP) is 2.08. The third-order valence-electron chi connectivity index (χ3n) is 3.92. The molecule has 120 valence electrons. The molecule has 0 radical (unpaired) electrons. The molecule has 0 saturated carbocycles. The lowest BCUT2D eigenvalue weighted by Gasteiger charge is -2.32. The molecular weight excluding hydrogens is 282 g/mol. The average molecular weight is 305 g/mol. The molecule has 1 saturated heterocycles. The van der Waals surface area contributed by atoms with E-state index in [1.54, 1.807) is 38.4 Å². The molecule has 1 heterocycles. The molecule has 1 fully saturated rings. The number of carbonyl (C=O) groups is 2. The zero-order valence-electron chi connectivity index (χ0n) is 13.3. The van der Waals surface area contributed by atoms with Crippen LogP contribution in [0.25, 0.3) is 0 Å². The number of amides is 2. The quantitative estimate of drug-likeness (QED) is 0.897. The van der Waals surface area contributed by atoms with Crippen LogP contribution in [0.1, 0.15) is 19.8 Å². The van der Waals surface area contributed by atoms with Crippen LogP contribution in [0.3, 0.4) is 0 Å². The minimum absolute atomic E-state index is 0.00471. The topological polar surface area (TPSA) is 70.7 Å². The number of hydrogen-bond donors (Lipinski definition) is 2. The Hall–Kier alpha value is -2.08. The summed E-state index contributed by atoms with van der Waals surface area (Å²) < 4.78 is 5.19. The van der Waals surface area contributed by atoms with E-state index in [0.29, 0.717) is 11.4 Å². The van der Waals surface area contributed by atoms with E-state index < -0.39 is 6.09 Å². The van der Waals surface area contributed by atoms with Crippen molar-refractivity contribution in [2.75, 3.05) is 32.5 Å². The number of piperidine rings is 1. The number of carbonyl (C=O) groups excluding carboxylic acids is 2. The molecule has 1 aliphatic heterocycles. The number of nitrogens with zero attached hydrogens (tertiary/aromatic N) is 1. The monoisotopic (exact) mass is 305 g/mol. The number of rotatable bonds is 3. The fourth-order valence-corrected chi connectivity index (χ4v) is 2.32. The van der Waals surface area contributed by atoms with Gasteiger partial charge in [-0.1, -0.05) is 13.0 Å². The molecule has 6 heteroatoms. The van der Waals surface area contributed by atoms with E-state index in [4.69, 9.17) is 4.74 Å². The lowest BCUT2D eigenvalue weighted by molar-refractivity contribution is -0.126. The summed E-state index contributed by atoms with van der Waals surface area (Å²) in [6.07, 6.45) is 1.18. The van der Waals surface area contributed by atoms with Gasteiger partial charge in [0.15, 0.2) is 0 Å². The molecule has 0 bridgehead atoms. The molecule has 0 aliphatic carbocycles. The van der Waals surface area contributed by atoms with E-state index in [1.165, 1.54) is 4.90 Å². The SMILES string of the molecule is CN(C)C(=O)Oc1cccc(NC(=O)C2(C)CCNCC2)c1. The van der Waals surface area contributed by atoms with Crippen LogP contribution < -0.4 is 15.4 Å². The Morgan fingerprint density at radius 2 is 1.95 bits per heavy atom. The molecule has 1 aromatic carbocycles. The van der Waals surface area contributed by atoms with Gasteiger partial charge in [0.1, 0.15) is 5.75 Å². The van der Waals surface area contributed by atoms with E-state index in [2.05, 4.69) is 10.6 Å². The fourth-order valence-electron chi connectivity index (χ4n) is 2.32. The van der Waals surface area contributed by atoms with Crippen molar-refractivity contribution in [2.24, 2.45) is 5.41 Å². The number of benzene rings is 1. The maximum atomic E-state index is 12.5. The molecule has 0 spiro atoms. The first-order chi connectivity index (χ1) is 10.4. The van der Waals surface area contributed by atoms with E-state index in [0.717, 1.165) is 25.9 Å². The Labute approximate surface area is 130 Å². The minimum atomic E-state index is -0.450. The third-order valence-corrected chi connectivity index (χ3v) is 3.92. The summed E-state index contributed by atoms with van der Waals surface area (Å²) in [4.78, 5) is 25.4. The second kappa shape index (κ2) is 6.79. The first-order valence-corrected chi connectivity index (χ1v) is 7.42. The van der Waals surface area contributed by atoms with Crippen molar-refractivity contribution in [2.45, 2.75) is 19.8 Å². The molecule has 22 heavy (non-hydrogen) atoms. The third kappa shape index (κ3) is 3.98. The second-order valence-electron chi connectivity index (χ2n) is 6.06. The molecule has 2 amide bonds. The van der Waals surface area contributed by atoms with Crippen molar-refractivity contribution < 1.29 is 14.3 Å². The number of ether oxygens (including phenoxy) is 1. The van der Waals surface area contributed by atoms with Crippen LogP contribution in [0.4, 0.5) is 10.5 Å². The van der Waals surface area contributed by atoms with Crippen LogP contribution in [0.15, 0.2) is 24.3 Å². The maximum Gasteiger partial charge on any atom is 0.414 e. The van der Waals surface area contributed by atoms with Gasteiger partial charge in [-0.15, -0.1) is 0 Å². The van der Waals surface area contributed by atoms with Crippen molar-refractivity contribution in [1.82, 2.24) is 10.2 Å². The molecule has 0 aromatic heterocycles. The number of hydrogen-bond acceptors (Lipinski definition) is 4. The molecule has 1 aliphatic rings. The predicted molar refractivity (Wildman–Crippen MR) is 85.0 cm³/mol. The van der Waals surface area contributed by atoms with E-state index in [1.807, 2.05) is 6.92 Å². The molecule has 2 N–H and O–H groups in total. The molecule has 0 atom stereocenters. The first-order valence-electron chi connectivity index (χ1n) is 7.42. The van der Waals surface area contributed by atoms with Crippen LogP contribution in [0, 0.1) is 5.41 Å². The Morgan fingerprint density at radius 3 is 2.59 bits per heavy atom. The van der Waals surface area contributed by atoms with Gasteiger partial charge in [-0.2, -0.15) is 0 Å². The van der Waals surface area contributed by atoms with Crippen LogP contribution in [0.2, 0.25) is 0 Å². The smallest absolute Gasteiger partial charge is 0.410 e. The first kappa shape index (κ1) is 16.3. The van der Waals surface area contributed by atoms with Gasteiger partial charge in [0.05, 0.1) is 0 Å². The van der Waals surface area contributed by atoms with Gasteiger partial charge in [-0.25, -0.2) is 4.79 Å². The Morgan fingerprint density at radius 1 is 1.27 bits per heavy atom. The van der Waals surface area contributed by atoms with Crippen LogP contribution in [-0.4, -0.2) is 44.1 Å². The summed E-state index contributed by atoms with van der Waals surface area (Å²) in [7, 11) is 3.23. The maximum absolute atomic E-state index is 12.5. The highest BCUT2D eigenvalue weighted by Crippen LogP contribution is 2.30. The highest BCUT2D eigenvalue weighted by Gasteiger charge is 2.34. The normalized spacial score (nSPS) is 16.7. The van der Waals surface area contributed by atoms with Crippen molar-refractivity contribution >= 4 is 17.7 Å². The summed E-state index contributed by atoms with van der Waals surface area (Å²) in [6.45, 7) is 3.69. The summed E-state index contributed by atoms with van der Waals surface area (Å²) in [5, 5.41) is 6.18. The van der Waals surface area contributed by atoms with Gasteiger partial charge in [-0.3, -0.25) is 4.79 Å². The average Bonchev–Trinajstić information content (AvgIpc) is 2.48. The van der Waals surface area contributed by atoms with Gasteiger partial charge >= 0.3 is 6.09 Å². The zero-order valence-corrected chi connectivity index (χ0v) is 13.3. The van der Waals surface area contributed by atoms with E-state index >= 15 is 0 Å². The largest absolute Gasteiger partial charge is 0.414 e. The second-order valence-corrected chi connectivity index (χ2v) is 6.06. The van der Waals surface area contributed by atoms with Crippen molar-refractivity contribution in [3.05, 3.63) is 24.3 Å². The van der Waals surface area contributed by atoms with Gasteiger partial charge in [0.2, 0.25) is 5.91 Å². The van der Waals surface area contributed by atoms with E-state index in [-0.39, 0.29) is 11.3 Å². The number of anilines is 1. The van der Waals surface area contributed by atoms with Crippen LogP contribution in [0.5, 0.6) is 5.75 Å². The van der Waals surface area contributed by atoms with Crippen molar-refractivity contribution in [1.29, 1.82) is 0 Å². The summed E-state index contributed by atoms with van der Waals surface area (Å²) in [6, 6.07) is 6.88. The summed E-state index contributed by atoms with van der Waals surface area (Å²) in [5.41, 5.74) is 0.274.